The van der Waals surface area contributed by atoms with Crippen LogP contribution < -0.4 is 10.6 Å². The van der Waals surface area contributed by atoms with Crippen LogP contribution in [0.25, 0.3) is 0 Å². The molecule has 0 radical (unpaired) electrons. The molecule has 0 bridgehead atoms. The lowest BCUT2D eigenvalue weighted by Gasteiger charge is -2.23. The number of ether oxygens (including phenoxy) is 1. The van der Waals surface area contributed by atoms with Crippen LogP contribution >= 0.6 is 12.4 Å². The second-order valence-electron chi connectivity index (χ2n) is 5.26. The monoisotopic (exact) mass is 327 g/mol. The van der Waals surface area contributed by atoms with Crippen molar-refractivity contribution in [1.29, 1.82) is 0 Å². The summed E-state index contributed by atoms with van der Waals surface area (Å²) in [5.74, 6) is -0.124. The standard InChI is InChI=1S/C15H21N3O3.ClH/c1-18(2)15(20)11-3-5-12(6-4-11)17-14(19)9-13-10-21-8-7-16-13;/h3-6,13,16H,7-10H2,1-2H3,(H,17,19);1H. The molecule has 0 aliphatic carbocycles. The van der Waals surface area contributed by atoms with Crippen LogP contribution in [0.5, 0.6) is 0 Å². The normalized spacial score (nSPS) is 17.3. The van der Waals surface area contributed by atoms with Gasteiger partial charge in [0.25, 0.3) is 5.91 Å². The van der Waals surface area contributed by atoms with E-state index in [-0.39, 0.29) is 30.3 Å². The molecule has 1 heterocycles. The summed E-state index contributed by atoms with van der Waals surface area (Å²) in [6.07, 6.45) is 0.373. The maximum atomic E-state index is 11.9. The molecule has 22 heavy (non-hydrogen) atoms. The predicted octanol–water partition coefficient (Wildman–Crippen LogP) is 1.13. The number of rotatable bonds is 4. The molecule has 2 rings (SSSR count). The van der Waals surface area contributed by atoms with E-state index < -0.39 is 0 Å². The van der Waals surface area contributed by atoms with Crippen LogP contribution in [0, 0.1) is 0 Å². The third kappa shape index (κ3) is 5.29. The first kappa shape index (κ1) is 18.4. The van der Waals surface area contributed by atoms with Gasteiger partial charge in [-0.3, -0.25) is 9.59 Å². The molecule has 7 heteroatoms. The average molecular weight is 328 g/mol. The van der Waals surface area contributed by atoms with Crippen LogP contribution in [-0.4, -0.2) is 56.6 Å². The summed E-state index contributed by atoms with van der Waals surface area (Å²) in [4.78, 5) is 25.2. The second kappa shape index (κ2) is 8.73. The molecule has 1 aromatic carbocycles. The molecule has 1 aliphatic heterocycles. The average Bonchev–Trinajstić information content (AvgIpc) is 2.48. The van der Waals surface area contributed by atoms with E-state index in [2.05, 4.69) is 10.6 Å². The molecule has 122 valence electrons. The van der Waals surface area contributed by atoms with Crippen LogP contribution in [-0.2, 0) is 9.53 Å². The highest BCUT2D eigenvalue weighted by Gasteiger charge is 2.17. The Kier molecular flexibility index (Phi) is 7.31. The van der Waals surface area contributed by atoms with Crippen molar-refractivity contribution < 1.29 is 14.3 Å². The van der Waals surface area contributed by atoms with Gasteiger partial charge in [-0.05, 0) is 24.3 Å². The van der Waals surface area contributed by atoms with Gasteiger partial charge in [0, 0.05) is 44.4 Å². The van der Waals surface area contributed by atoms with Gasteiger partial charge in [0.05, 0.1) is 13.2 Å². The van der Waals surface area contributed by atoms with E-state index in [1.165, 1.54) is 4.90 Å². The number of carbonyl (C=O) groups is 2. The van der Waals surface area contributed by atoms with E-state index in [1.807, 2.05) is 0 Å². The van der Waals surface area contributed by atoms with E-state index in [4.69, 9.17) is 4.74 Å². The third-order valence-electron chi connectivity index (χ3n) is 3.25. The highest BCUT2D eigenvalue weighted by Crippen LogP contribution is 2.11. The molecule has 2 amide bonds. The zero-order chi connectivity index (χ0) is 15.2. The molecule has 1 unspecified atom stereocenters. The Bertz CT molecular complexity index is 499. The zero-order valence-corrected chi connectivity index (χ0v) is 13.6. The summed E-state index contributed by atoms with van der Waals surface area (Å²) < 4.78 is 5.31. The van der Waals surface area contributed by atoms with Crippen LogP contribution in [0.1, 0.15) is 16.8 Å². The van der Waals surface area contributed by atoms with Crippen molar-refractivity contribution in [1.82, 2.24) is 10.2 Å². The summed E-state index contributed by atoms with van der Waals surface area (Å²) in [5, 5.41) is 6.06. The SMILES string of the molecule is CN(C)C(=O)c1ccc(NC(=O)CC2COCCN2)cc1.Cl. The molecule has 0 spiro atoms. The van der Waals surface area contributed by atoms with Gasteiger partial charge in [0.1, 0.15) is 0 Å². The molecule has 0 aromatic heterocycles. The van der Waals surface area contributed by atoms with Crippen molar-refractivity contribution >= 4 is 29.9 Å². The molecular weight excluding hydrogens is 306 g/mol. The fraction of sp³-hybridized carbons (Fsp3) is 0.467. The smallest absolute Gasteiger partial charge is 0.253 e. The topological polar surface area (TPSA) is 70.7 Å². The van der Waals surface area contributed by atoms with Gasteiger partial charge in [0.2, 0.25) is 5.91 Å². The van der Waals surface area contributed by atoms with Crippen LogP contribution in [0.3, 0.4) is 0 Å². The Morgan fingerprint density at radius 1 is 1.32 bits per heavy atom. The number of nitrogens with zero attached hydrogens (tertiary/aromatic N) is 1. The van der Waals surface area contributed by atoms with Crippen LogP contribution in [0.2, 0.25) is 0 Å². The largest absolute Gasteiger partial charge is 0.378 e. The van der Waals surface area contributed by atoms with Crippen molar-refractivity contribution in [3.05, 3.63) is 29.8 Å². The number of hydrogen-bond acceptors (Lipinski definition) is 4. The summed E-state index contributed by atoms with van der Waals surface area (Å²) in [5.41, 5.74) is 1.28. The number of benzene rings is 1. The van der Waals surface area contributed by atoms with Crippen LogP contribution in [0.15, 0.2) is 24.3 Å². The number of hydrogen-bond donors (Lipinski definition) is 2. The number of morpholine rings is 1. The summed E-state index contributed by atoms with van der Waals surface area (Å²) in [6.45, 7) is 2.03. The van der Waals surface area contributed by atoms with Crippen molar-refractivity contribution in [2.75, 3.05) is 39.2 Å². The van der Waals surface area contributed by atoms with E-state index in [0.717, 1.165) is 6.54 Å². The molecule has 1 aliphatic rings. The molecule has 0 saturated carbocycles. The van der Waals surface area contributed by atoms with Crippen molar-refractivity contribution in [3.8, 4) is 0 Å². The predicted molar refractivity (Wildman–Crippen MR) is 87.6 cm³/mol. The lowest BCUT2D eigenvalue weighted by molar-refractivity contribution is -0.117. The Balaban J connectivity index is 0.00000242. The minimum absolute atomic E-state index is 0. The van der Waals surface area contributed by atoms with E-state index in [0.29, 0.717) is 30.9 Å². The second-order valence-corrected chi connectivity index (χ2v) is 5.26. The van der Waals surface area contributed by atoms with E-state index >= 15 is 0 Å². The molecule has 2 N–H and O–H groups in total. The fourth-order valence-electron chi connectivity index (χ4n) is 2.14. The quantitative estimate of drug-likeness (QED) is 0.869. The van der Waals surface area contributed by atoms with E-state index in [1.54, 1.807) is 38.4 Å². The zero-order valence-electron chi connectivity index (χ0n) is 12.8. The fourth-order valence-corrected chi connectivity index (χ4v) is 2.14. The van der Waals surface area contributed by atoms with Crippen molar-refractivity contribution in [3.63, 3.8) is 0 Å². The molecular formula is C15H22ClN3O3. The van der Waals surface area contributed by atoms with Gasteiger partial charge in [-0.2, -0.15) is 0 Å². The lowest BCUT2D eigenvalue weighted by atomic mass is 10.1. The lowest BCUT2D eigenvalue weighted by Crippen LogP contribution is -2.43. The molecule has 1 saturated heterocycles. The summed E-state index contributed by atoms with van der Waals surface area (Å²) in [6, 6.07) is 6.95. The van der Waals surface area contributed by atoms with Crippen molar-refractivity contribution in [2.24, 2.45) is 0 Å². The highest BCUT2D eigenvalue weighted by atomic mass is 35.5. The number of carbonyl (C=O) groups excluding carboxylic acids is 2. The Labute approximate surface area is 136 Å². The number of halogens is 1. The molecule has 1 aromatic rings. The number of nitrogens with one attached hydrogen (secondary N) is 2. The van der Waals surface area contributed by atoms with Gasteiger partial charge < -0.3 is 20.3 Å². The first-order valence-corrected chi connectivity index (χ1v) is 6.99. The maximum Gasteiger partial charge on any atom is 0.253 e. The Morgan fingerprint density at radius 3 is 2.55 bits per heavy atom. The number of amides is 2. The molecule has 1 fully saturated rings. The first-order valence-electron chi connectivity index (χ1n) is 6.99. The van der Waals surface area contributed by atoms with E-state index in [9.17, 15) is 9.59 Å². The Morgan fingerprint density at radius 2 is 2.00 bits per heavy atom. The Hall–Kier alpha value is -1.63. The minimum atomic E-state index is -0.0651. The van der Waals surface area contributed by atoms with Gasteiger partial charge in [-0.25, -0.2) is 0 Å². The van der Waals surface area contributed by atoms with Gasteiger partial charge in [-0.1, -0.05) is 0 Å². The highest BCUT2D eigenvalue weighted by molar-refractivity contribution is 5.95. The van der Waals surface area contributed by atoms with Gasteiger partial charge >= 0.3 is 0 Å². The summed E-state index contributed by atoms with van der Waals surface area (Å²) in [7, 11) is 3.41. The minimum Gasteiger partial charge on any atom is -0.378 e. The number of anilines is 1. The summed E-state index contributed by atoms with van der Waals surface area (Å²) >= 11 is 0. The van der Waals surface area contributed by atoms with Crippen molar-refractivity contribution in [2.45, 2.75) is 12.5 Å². The maximum absolute atomic E-state index is 11.9. The molecule has 6 nitrogen and oxygen atoms in total. The van der Waals surface area contributed by atoms with Gasteiger partial charge in [-0.15, -0.1) is 12.4 Å². The first-order chi connectivity index (χ1) is 10.1. The van der Waals surface area contributed by atoms with Gasteiger partial charge in [0.15, 0.2) is 0 Å². The van der Waals surface area contributed by atoms with Crippen LogP contribution in [0.4, 0.5) is 5.69 Å². The third-order valence-corrected chi connectivity index (χ3v) is 3.25. The molecule has 1 atom stereocenters.